The Balaban J connectivity index is 1.82. The number of anilines is 1. The van der Waals surface area contributed by atoms with Crippen molar-refractivity contribution < 1.29 is 9.53 Å². The van der Waals surface area contributed by atoms with Gasteiger partial charge in [-0.3, -0.25) is 0 Å². The van der Waals surface area contributed by atoms with E-state index in [2.05, 4.69) is 5.32 Å². The summed E-state index contributed by atoms with van der Waals surface area (Å²) in [5.41, 5.74) is 2.67. The van der Waals surface area contributed by atoms with Gasteiger partial charge in [0.1, 0.15) is 0 Å². The number of halogens is 1. The van der Waals surface area contributed by atoms with E-state index in [-0.39, 0.29) is 12.1 Å². The SMILES string of the molecule is Cc1cccc(Cl)c1NC(=O)N1CCOC[C@@H]1c1ccccc1. The van der Waals surface area contributed by atoms with Crippen LogP contribution in [0.4, 0.5) is 10.5 Å². The smallest absolute Gasteiger partial charge is 0.322 e. The number of para-hydroxylation sites is 1. The average molecular weight is 331 g/mol. The normalized spacial score (nSPS) is 17.8. The summed E-state index contributed by atoms with van der Waals surface area (Å²) in [7, 11) is 0. The van der Waals surface area contributed by atoms with Crippen molar-refractivity contribution in [3.8, 4) is 0 Å². The second kappa shape index (κ2) is 7.02. The van der Waals surface area contributed by atoms with Gasteiger partial charge in [-0.1, -0.05) is 54.1 Å². The Morgan fingerprint density at radius 1 is 1.22 bits per heavy atom. The van der Waals surface area contributed by atoms with Crippen LogP contribution in [0.2, 0.25) is 5.02 Å². The van der Waals surface area contributed by atoms with E-state index in [1.165, 1.54) is 0 Å². The summed E-state index contributed by atoms with van der Waals surface area (Å²) in [6, 6.07) is 15.3. The fourth-order valence-electron chi connectivity index (χ4n) is 2.77. The minimum absolute atomic E-state index is 0.0901. The first kappa shape index (κ1) is 15.8. The fraction of sp³-hybridized carbons (Fsp3) is 0.278. The van der Waals surface area contributed by atoms with Gasteiger partial charge in [0.05, 0.1) is 30.0 Å². The third-order valence-corrected chi connectivity index (χ3v) is 4.34. The van der Waals surface area contributed by atoms with Crippen molar-refractivity contribution in [3.05, 3.63) is 64.7 Å². The van der Waals surface area contributed by atoms with Crippen LogP contribution >= 0.6 is 11.6 Å². The molecule has 0 aromatic heterocycles. The number of carbonyl (C=O) groups excluding carboxylic acids is 1. The van der Waals surface area contributed by atoms with E-state index in [0.717, 1.165) is 11.1 Å². The van der Waals surface area contributed by atoms with E-state index in [4.69, 9.17) is 16.3 Å². The van der Waals surface area contributed by atoms with Crippen molar-refractivity contribution in [2.75, 3.05) is 25.1 Å². The molecule has 1 heterocycles. The first-order chi connectivity index (χ1) is 11.2. The Bertz CT molecular complexity index is 670. The molecule has 2 amide bonds. The number of hydrogen-bond acceptors (Lipinski definition) is 2. The quantitative estimate of drug-likeness (QED) is 0.894. The first-order valence-electron chi connectivity index (χ1n) is 7.62. The van der Waals surface area contributed by atoms with Crippen molar-refractivity contribution in [2.24, 2.45) is 0 Å². The summed E-state index contributed by atoms with van der Waals surface area (Å²) in [6.07, 6.45) is 0. The van der Waals surface area contributed by atoms with Crippen LogP contribution in [0.5, 0.6) is 0 Å². The predicted octanol–water partition coefficient (Wildman–Crippen LogP) is 4.25. The van der Waals surface area contributed by atoms with E-state index in [1.54, 1.807) is 6.07 Å². The molecule has 0 aliphatic carbocycles. The highest BCUT2D eigenvalue weighted by Gasteiger charge is 2.29. The van der Waals surface area contributed by atoms with Gasteiger partial charge in [-0.05, 0) is 24.1 Å². The molecule has 1 aliphatic heterocycles. The predicted molar refractivity (Wildman–Crippen MR) is 91.9 cm³/mol. The summed E-state index contributed by atoms with van der Waals surface area (Å²) in [5, 5.41) is 3.49. The number of rotatable bonds is 2. The van der Waals surface area contributed by atoms with E-state index in [1.807, 2.05) is 54.3 Å². The zero-order valence-corrected chi connectivity index (χ0v) is 13.7. The molecule has 1 saturated heterocycles. The number of carbonyl (C=O) groups is 1. The largest absolute Gasteiger partial charge is 0.377 e. The highest BCUT2D eigenvalue weighted by molar-refractivity contribution is 6.33. The second-order valence-electron chi connectivity index (χ2n) is 5.56. The lowest BCUT2D eigenvalue weighted by atomic mass is 10.1. The van der Waals surface area contributed by atoms with E-state index in [0.29, 0.717) is 30.5 Å². The maximum absolute atomic E-state index is 12.8. The lowest BCUT2D eigenvalue weighted by Gasteiger charge is -2.36. The number of hydrogen-bond donors (Lipinski definition) is 1. The maximum Gasteiger partial charge on any atom is 0.322 e. The molecule has 0 unspecified atom stereocenters. The van der Waals surface area contributed by atoms with Gasteiger partial charge in [0.25, 0.3) is 0 Å². The van der Waals surface area contributed by atoms with Crippen LogP contribution in [0.15, 0.2) is 48.5 Å². The second-order valence-corrected chi connectivity index (χ2v) is 5.96. The number of nitrogens with zero attached hydrogens (tertiary/aromatic N) is 1. The van der Waals surface area contributed by atoms with Crippen molar-refractivity contribution in [1.82, 2.24) is 4.90 Å². The molecular weight excluding hydrogens is 312 g/mol. The lowest BCUT2D eigenvalue weighted by Crippen LogP contribution is -2.45. The Morgan fingerprint density at radius 3 is 2.74 bits per heavy atom. The summed E-state index contributed by atoms with van der Waals surface area (Å²) < 4.78 is 5.57. The highest BCUT2D eigenvalue weighted by atomic mass is 35.5. The van der Waals surface area contributed by atoms with Gasteiger partial charge in [0.2, 0.25) is 0 Å². The third-order valence-electron chi connectivity index (χ3n) is 4.03. The lowest BCUT2D eigenvalue weighted by molar-refractivity contribution is 0.0148. The molecule has 4 nitrogen and oxygen atoms in total. The number of ether oxygens (including phenoxy) is 1. The molecule has 3 rings (SSSR count). The number of urea groups is 1. The number of aryl methyl sites for hydroxylation is 1. The summed E-state index contributed by atoms with van der Waals surface area (Å²) in [6.45, 7) is 3.52. The van der Waals surface area contributed by atoms with Crippen LogP contribution in [0.25, 0.3) is 0 Å². The van der Waals surface area contributed by atoms with Crippen molar-refractivity contribution >= 4 is 23.3 Å². The third kappa shape index (κ3) is 3.49. The summed E-state index contributed by atoms with van der Waals surface area (Å²) >= 11 is 6.21. The molecule has 1 N–H and O–H groups in total. The monoisotopic (exact) mass is 330 g/mol. The van der Waals surface area contributed by atoms with Crippen molar-refractivity contribution in [1.29, 1.82) is 0 Å². The molecule has 0 radical (unpaired) electrons. The van der Waals surface area contributed by atoms with Crippen LogP contribution in [0.3, 0.4) is 0 Å². The Kier molecular flexibility index (Phi) is 4.84. The Hall–Kier alpha value is -2.04. The Morgan fingerprint density at radius 2 is 2.00 bits per heavy atom. The topological polar surface area (TPSA) is 41.6 Å². The maximum atomic E-state index is 12.8. The van der Waals surface area contributed by atoms with Crippen LogP contribution in [0, 0.1) is 6.92 Å². The van der Waals surface area contributed by atoms with E-state index >= 15 is 0 Å². The molecule has 0 bridgehead atoms. The zero-order valence-electron chi connectivity index (χ0n) is 13.0. The standard InChI is InChI=1S/C18H19ClN2O2/c1-13-6-5-9-15(19)17(13)20-18(22)21-10-11-23-12-16(21)14-7-3-2-4-8-14/h2-9,16H,10-12H2,1H3,(H,20,22)/t16-/m1/s1. The number of benzene rings is 2. The minimum Gasteiger partial charge on any atom is -0.377 e. The summed E-state index contributed by atoms with van der Waals surface area (Å²) in [5.74, 6) is 0. The van der Waals surface area contributed by atoms with Crippen LogP contribution in [0.1, 0.15) is 17.2 Å². The van der Waals surface area contributed by atoms with Gasteiger partial charge in [-0.25, -0.2) is 4.79 Å². The average Bonchev–Trinajstić information content (AvgIpc) is 2.59. The number of amides is 2. The van der Waals surface area contributed by atoms with E-state index in [9.17, 15) is 4.79 Å². The fourth-order valence-corrected chi connectivity index (χ4v) is 3.04. The Labute approximate surface area is 141 Å². The molecule has 5 heteroatoms. The van der Waals surface area contributed by atoms with Crippen molar-refractivity contribution in [2.45, 2.75) is 13.0 Å². The van der Waals surface area contributed by atoms with Gasteiger partial charge in [0.15, 0.2) is 0 Å². The molecular formula is C18H19ClN2O2. The zero-order chi connectivity index (χ0) is 16.2. The minimum atomic E-state index is -0.154. The molecule has 23 heavy (non-hydrogen) atoms. The molecule has 2 aromatic carbocycles. The molecule has 1 atom stereocenters. The van der Waals surface area contributed by atoms with Gasteiger partial charge in [0, 0.05) is 6.54 Å². The van der Waals surface area contributed by atoms with Crippen LogP contribution < -0.4 is 5.32 Å². The molecule has 120 valence electrons. The highest BCUT2D eigenvalue weighted by Crippen LogP contribution is 2.28. The van der Waals surface area contributed by atoms with Gasteiger partial charge in [-0.2, -0.15) is 0 Å². The molecule has 2 aromatic rings. The first-order valence-corrected chi connectivity index (χ1v) is 8.00. The molecule has 1 fully saturated rings. The van der Waals surface area contributed by atoms with Crippen molar-refractivity contribution in [3.63, 3.8) is 0 Å². The number of morpholine rings is 1. The van der Waals surface area contributed by atoms with Gasteiger partial charge >= 0.3 is 6.03 Å². The van der Waals surface area contributed by atoms with Crippen LogP contribution in [-0.2, 0) is 4.74 Å². The summed E-state index contributed by atoms with van der Waals surface area (Å²) in [4.78, 5) is 14.6. The van der Waals surface area contributed by atoms with Crippen LogP contribution in [-0.4, -0.2) is 30.7 Å². The molecule has 0 spiro atoms. The number of nitrogens with one attached hydrogen (secondary N) is 1. The van der Waals surface area contributed by atoms with Gasteiger partial charge < -0.3 is 15.0 Å². The van der Waals surface area contributed by atoms with Gasteiger partial charge in [-0.15, -0.1) is 0 Å². The van der Waals surface area contributed by atoms with E-state index < -0.39 is 0 Å². The molecule has 1 aliphatic rings. The molecule has 0 saturated carbocycles.